The second kappa shape index (κ2) is 8.27. The second-order valence-electron chi connectivity index (χ2n) is 5.63. The number of benzene rings is 2. The van der Waals surface area contributed by atoms with Crippen LogP contribution in [0, 0.1) is 5.82 Å². The van der Waals surface area contributed by atoms with Crippen molar-refractivity contribution in [3.8, 4) is 0 Å². The number of alkyl halides is 3. The molecule has 1 aromatic heterocycles. The molecule has 29 heavy (non-hydrogen) atoms. The number of amides is 3. The molecule has 0 spiro atoms. The summed E-state index contributed by atoms with van der Waals surface area (Å²) in [5.41, 5.74) is -1.30. The first-order valence-corrected chi connectivity index (χ1v) is 8.87. The summed E-state index contributed by atoms with van der Waals surface area (Å²) in [5, 5.41) is 8.66. The predicted octanol–water partition coefficient (Wildman–Crippen LogP) is 5.20. The molecule has 0 atom stereocenters. The van der Waals surface area contributed by atoms with Crippen LogP contribution in [0.3, 0.4) is 0 Å². The Hall–Kier alpha value is -3.47. The van der Waals surface area contributed by atoms with Crippen LogP contribution in [0.1, 0.15) is 16.1 Å². The van der Waals surface area contributed by atoms with Gasteiger partial charge in [0, 0.05) is 16.8 Å². The smallest absolute Gasteiger partial charge is 0.321 e. The van der Waals surface area contributed by atoms with E-state index in [-0.39, 0.29) is 16.5 Å². The number of hydrogen-bond donors (Lipinski definition) is 3. The lowest BCUT2D eigenvalue weighted by molar-refractivity contribution is -0.139. The highest BCUT2D eigenvalue weighted by Gasteiger charge is 2.34. The van der Waals surface area contributed by atoms with Gasteiger partial charge in [-0.3, -0.25) is 10.1 Å². The van der Waals surface area contributed by atoms with Crippen molar-refractivity contribution in [3.63, 3.8) is 0 Å². The van der Waals surface area contributed by atoms with Crippen LogP contribution in [0.25, 0.3) is 0 Å². The van der Waals surface area contributed by atoms with Gasteiger partial charge in [0.25, 0.3) is 5.91 Å². The lowest BCUT2D eigenvalue weighted by Gasteiger charge is -2.10. The Bertz CT molecular complexity index is 1040. The minimum absolute atomic E-state index is 0.110. The Morgan fingerprint density at radius 2 is 1.66 bits per heavy atom. The van der Waals surface area contributed by atoms with Crippen molar-refractivity contribution in [3.05, 3.63) is 71.0 Å². The Balaban J connectivity index is 1.64. The number of para-hydroxylation sites is 1. The van der Waals surface area contributed by atoms with Crippen molar-refractivity contribution in [2.24, 2.45) is 0 Å². The molecule has 150 valence electrons. The summed E-state index contributed by atoms with van der Waals surface area (Å²) in [7, 11) is 0. The molecule has 6 nitrogen and oxygen atoms in total. The molecule has 0 bridgehead atoms. The largest absolute Gasteiger partial charge is 0.419 e. The normalized spacial score (nSPS) is 11.0. The fraction of sp³-hybridized carbons (Fsp3) is 0.0556. The van der Waals surface area contributed by atoms with Crippen molar-refractivity contribution in [1.82, 2.24) is 4.98 Å². The van der Waals surface area contributed by atoms with Gasteiger partial charge in [-0.2, -0.15) is 13.2 Å². The molecule has 3 N–H and O–H groups in total. The molecule has 0 fully saturated rings. The van der Waals surface area contributed by atoms with Gasteiger partial charge in [-0.25, -0.2) is 14.2 Å². The monoisotopic (exact) mass is 424 g/mol. The SMILES string of the molecule is O=C(Nc1ccccc1)Nc1nc(C(=O)Nc2ccc(F)c(C(F)(F)F)c2)cs1. The van der Waals surface area contributed by atoms with E-state index in [2.05, 4.69) is 20.9 Å². The molecule has 3 aromatic rings. The van der Waals surface area contributed by atoms with Crippen molar-refractivity contribution in [2.45, 2.75) is 6.18 Å². The summed E-state index contributed by atoms with van der Waals surface area (Å²) in [6.45, 7) is 0. The number of carbonyl (C=O) groups is 2. The van der Waals surface area contributed by atoms with E-state index in [0.29, 0.717) is 17.8 Å². The number of carbonyl (C=O) groups excluding carboxylic acids is 2. The van der Waals surface area contributed by atoms with Crippen LogP contribution in [-0.2, 0) is 6.18 Å². The van der Waals surface area contributed by atoms with Gasteiger partial charge in [0.15, 0.2) is 5.13 Å². The molecule has 0 unspecified atom stereocenters. The van der Waals surface area contributed by atoms with Crippen molar-refractivity contribution < 1.29 is 27.2 Å². The van der Waals surface area contributed by atoms with E-state index in [4.69, 9.17) is 0 Å². The van der Waals surface area contributed by atoms with Crippen LogP contribution in [-0.4, -0.2) is 16.9 Å². The van der Waals surface area contributed by atoms with Crippen LogP contribution in [0.5, 0.6) is 0 Å². The average Bonchev–Trinajstić information content (AvgIpc) is 3.11. The summed E-state index contributed by atoms with van der Waals surface area (Å²) in [4.78, 5) is 28.0. The first-order valence-electron chi connectivity index (χ1n) is 7.99. The third kappa shape index (κ3) is 5.29. The topological polar surface area (TPSA) is 83.1 Å². The Morgan fingerprint density at radius 3 is 2.34 bits per heavy atom. The molecule has 3 amide bonds. The maximum atomic E-state index is 13.3. The lowest BCUT2D eigenvalue weighted by Crippen LogP contribution is -2.19. The minimum Gasteiger partial charge on any atom is -0.321 e. The van der Waals surface area contributed by atoms with Gasteiger partial charge in [0.2, 0.25) is 0 Å². The summed E-state index contributed by atoms with van der Waals surface area (Å²) >= 11 is 0.953. The van der Waals surface area contributed by atoms with E-state index < -0.39 is 29.5 Å². The van der Waals surface area contributed by atoms with E-state index in [1.165, 1.54) is 5.38 Å². The third-order valence-electron chi connectivity index (χ3n) is 3.52. The van der Waals surface area contributed by atoms with E-state index in [1.807, 2.05) is 0 Å². The number of rotatable bonds is 4. The summed E-state index contributed by atoms with van der Waals surface area (Å²) in [6, 6.07) is 10.1. The van der Waals surface area contributed by atoms with E-state index in [9.17, 15) is 27.2 Å². The highest BCUT2D eigenvalue weighted by molar-refractivity contribution is 7.14. The van der Waals surface area contributed by atoms with Crippen LogP contribution >= 0.6 is 11.3 Å². The van der Waals surface area contributed by atoms with Gasteiger partial charge in [0.1, 0.15) is 11.5 Å². The summed E-state index contributed by atoms with van der Waals surface area (Å²) in [5.74, 6) is -2.25. The zero-order valence-corrected chi connectivity index (χ0v) is 15.2. The Kier molecular flexibility index (Phi) is 5.78. The first kappa shape index (κ1) is 20.3. The molecule has 3 rings (SSSR count). The number of nitrogens with one attached hydrogen (secondary N) is 3. The van der Waals surface area contributed by atoms with Crippen LogP contribution in [0.2, 0.25) is 0 Å². The van der Waals surface area contributed by atoms with Gasteiger partial charge in [-0.15, -0.1) is 11.3 Å². The molecule has 0 aliphatic carbocycles. The second-order valence-corrected chi connectivity index (χ2v) is 6.49. The van der Waals surface area contributed by atoms with E-state index in [0.717, 1.165) is 17.4 Å². The lowest BCUT2D eigenvalue weighted by atomic mass is 10.2. The van der Waals surface area contributed by atoms with Gasteiger partial charge in [-0.05, 0) is 30.3 Å². The third-order valence-corrected chi connectivity index (χ3v) is 4.28. The highest BCUT2D eigenvalue weighted by Crippen LogP contribution is 2.33. The predicted molar refractivity (Wildman–Crippen MR) is 101 cm³/mol. The first-order chi connectivity index (χ1) is 13.7. The number of hydrogen-bond acceptors (Lipinski definition) is 4. The average molecular weight is 424 g/mol. The van der Waals surface area contributed by atoms with Crippen LogP contribution in [0.15, 0.2) is 53.9 Å². The van der Waals surface area contributed by atoms with Crippen LogP contribution in [0.4, 0.5) is 38.9 Å². The standard InChI is InChI=1S/C18H12F4N4O2S/c19-13-7-6-11(8-12(13)18(20,21)22)23-15(27)14-9-29-17(25-14)26-16(28)24-10-4-2-1-3-5-10/h1-9H,(H,23,27)(H2,24,25,26,28). The molecule has 11 heteroatoms. The fourth-order valence-electron chi connectivity index (χ4n) is 2.23. The van der Waals surface area contributed by atoms with Gasteiger partial charge < -0.3 is 10.6 Å². The highest BCUT2D eigenvalue weighted by atomic mass is 32.1. The molecule has 0 saturated carbocycles. The zero-order chi connectivity index (χ0) is 21.0. The summed E-state index contributed by atoms with van der Waals surface area (Å²) < 4.78 is 51.6. The maximum absolute atomic E-state index is 13.3. The number of anilines is 3. The van der Waals surface area contributed by atoms with Crippen molar-refractivity contribution >= 4 is 39.8 Å². The molecule has 2 aromatic carbocycles. The minimum atomic E-state index is -4.89. The number of thiazole rings is 1. The maximum Gasteiger partial charge on any atom is 0.419 e. The van der Waals surface area contributed by atoms with Gasteiger partial charge in [0.05, 0.1) is 5.56 Å². The Labute approximate surface area is 165 Å². The van der Waals surface area contributed by atoms with E-state index in [1.54, 1.807) is 30.3 Å². The quantitative estimate of drug-likeness (QED) is 0.504. The molecular formula is C18H12F4N4O2S. The number of urea groups is 1. The van der Waals surface area contributed by atoms with Gasteiger partial charge in [-0.1, -0.05) is 18.2 Å². The zero-order valence-electron chi connectivity index (χ0n) is 14.4. The van der Waals surface area contributed by atoms with Crippen LogP contribution < -0.4 is 16.0 Å². The van der Waals surface area contributed by atoms with Crippen molar-refractivity contribution in [2.75, 3.05) is 16.0 Å². The van der Waals surface area contributed by atoms with Crippen molar-refractivity contribution in [1.29, 1.82) is 0 Å². The number of nitrogens with zero attached hydrogens (tertiary/aromatic N) is 1. The molecule has 0 aliphatic rings. The van der Waals surface area contributed by atoms with Gasteiger partial charge >= 0.3 is 12.2 Å². The number of aromatic nitrogens is 1. The summed E-state index contributed by atoms with van der Waals surface area (Å²) in [6.07, 6.45) is -4.89. The molecule has 0 aliphatic heterocycles. The number of halogens is 4. The molecular weight excluding hydrogens is 412 g/mol. The Morgan fingerprint density at radius 1 is 0.931 bits per heavy atom. The molecule has 0 saturated heterocycles. The molecule has 0 radical (unpaired) electrons. The fourth-order valence-corrected chi connectivity index (χ4v) is 2.92. The molecule has 1 heterocycles. The van der Waals surface area contributed by atoms with E-state index >= 15 is 0 Å².